The van der Waals surface area contributed by atoms with E-state index in [9.17, 15) is 9.59 Å². The highest BCUT2D eigenvalue weighted by Crippen LogP contribution is 2.16. The Balaban J connectivity index is 2.15. The lowest BCUT2D eigenvalue weighted by Gasteiger charge is -2.23. The predicted molar refractivity (Wildman–Crippen MR) is 73.4 cm³/mol. The van der Waals surface area contributed by atoms with Crippen LogP contribution in [0.3, 0.4) is 0 Å². The first-order valence-corrected chi connectivity index (χ1v) is 6.57. The lowest BCUT2D eigenvalue weighted by molar-refractivity contribution is 0.0595. The Morgan fingerprint density at radius 1 is 1.53 bits per heavy atom. The van der Waals surface area contributed by atoms with Gasteiger partial charge in [0.05, 0.1) is 6.61 Å². The summed E-state index contributed by atoms with van der Waals surface area (Å²) in [5, 5.41) is 3.04. The van der Waals surface area contributed by atoms with Crippen molar-refractivity contribution >= 4 is 11.5 Å². The molecule has 1 fully saturated rings. The number of aromatic nitrogens is 2. The molecule has 0 aromatic carbocycles. The largest absolute Gasteiger partial charge is 0.383 e. The number of anilines is 2. The summed E-state index contributed by atoms with van der Waals surface area (Å²) in [6, 6.07) is 0. The van der Waals surface area contributed by atoms with Gasteiger partial charge in [0.15, 0.2) is 0 Å². The third kappa shape index (κ3) is 2.98. The summed E-state index contributed by atoms with van der Waals surface area (Å²) in [5.74, 6) is 0.558. The zero-order valence-electron chi connectivity index (χ0n) is 11.1. The van der Waals surface area contributed by atoms with Crippen LogP contribution in [-0.4, -0.2) is 29.3 Å². The first kappa shape index (κ1) is 13.7. The SMILES string of the molecule is CCn1c(N)c(NCC2CCCOC2)c(=O)[nH]c1=O. The third-order valence-corrected chi connectivity index (χ3v) is 3.38. The lowest BCUT2D eigenvalue weighted by Crippen LogP contribution is -2.35. The van der Waals surface area contributed by atoms with Crippen LogP contribution >= 0.6 is 0 Å². The molecule has 19 heavy (non-hydrogen) atoms. The maximum atomic E-state index is 11.8. The van der Waals surface area contributed by atoms with E-state index in [-0.39, 0.29) is 11.5 Å². The van der Waals surface area contributed by atoms with Crippen LogP contribution in [0.15, 0.2) is 9.59 Å². The number of nitrogen functional groups attached to an aromatic ring is 1. The summed E-state index contributed by atoms with van der Waals surface area (Å²) < 4.78 is 6.72. The number of nitrogens with two attached hydrogens (primary N) is 1. The molecule has 0 aliphatic carbocycles. The minimum Gasteiger partial charge on any atom is -0.383 e. The maximum Gasteiger partial charge on any atom is 0.330 e. The van der Waals surface area contributed by atoms with E-state index in [0.29, 0.717) is 25.6 Å². The van der Waals surface area contributed by atoms with Gasteiger partial charge >= 0.3 is 5.69 Å². The second-order valence-corrected chi connectivity index (χ2v) is 4.73. The molecule has 4 N–H and O–H groups in total. The zero-order chi connectivity index (χ0) is 13.8. The Morgan fingerprint density at radius 2 is 2.32 bits per heavy atom. The average Bonchev–Trinajstić information content (AvgIpc) is 2.39. The Bertz CT molecular complexity index is 543. The molecule has 0 spiro atoms. The molecule has 1 aliphatic heterocycles. The second-order valence-electron chi connectivity index (χ2n) is 4.73. The van der Waals surface area contributed by atoms with E-state index in [0.717, 1.165) is 19.4 Å². The fourth-order valence-electron chi connectivity index (χ4n) is 2.29. The van der Waals surface area contributed by atoms with E-state index in [1.807, 2.05) is 0 Å². The van der Waals surface area contributed by atoms with Crippen molar-refractivity contribution < 1.29 is 4.74 Å². The normalized spacial score (nSPS) is 19.3. The minimum absolute atomic E-state index is 0.188. The molecule has 7 heteroatoms. The van der Waals surface area contributed by atoms with Crippen LogP contribution in [0.5, 0.6) is 0 Å². The van der Waals surface area contributed by atoms with E-state index in [4.69, 9.17) is 10.5 Å². The third-order valence-electron chi connectivity index (χ3n) is 3.38. The van der Waals surface area contributed by atoms with Gasteiger partial charge < -0.3 is 15.8 Å². The van der Waals surface area contributed by atoms with E-state index in [1.54, 1.807) is 6.92 Å². The molecule has 0 bridgehead atoms. The molecule has 0 saturated carbocycles. The first-order valence-electron chi connectivity index (χ1n) is 6.57. The number of rotatable bonds is 4. The Kier molecular flexibility index (Phi) is 4.26. The molecule has 2 rings (SSSR count). The van der Waals surface area contributed by atoms with Crippen LogP contribution in [0, 0.1) is 5.92 Å². The molecule has 1 aromatic heterocycles. The molecule has 106 valence electrons. The molecular weight excluding hydrogens is 248 g/mol. The first-order chi connectivity index (χ1) is 9.13. The van der Waals surface area contributed by atoms with Crippen LogP contribution in [0.1, 0.15) is 19.8 Å². The fraction of sp³-hybridized carbons (Fsp3) is 0.667. The van der Waals surface area contributed by atoms with Gasteiger partial charge in [-0.2, -0.15) is 0 Å². The summed E-state index contributed by atoms with van der Waals surface area (Å²) in [6.45, 7) is 4.34. The van der Waals surface area contributed by atoms with Gasteiger partial charge in [-0.15, -0.1) is 0 Å². The van der Waals surface area contributed by atoms with Crippen LogP contribution < -0.4 is 22.3 Å². The lowest BCUT2D eigenvalue weighted by atomic mass is 10.0. The quantitative estimate of drug-likeness (QED) is 0.712. The smallest absolute Gasteiger partial charge is 0.330 e. The summed E-state index contributed by atoms with van der Waals surface area (Å²) in [4.78, 5) is 25.6. The van der Waals surface area contributed by atoms with Crippen molar-refractivity contribution in [2.75, 3.05) is 30.8 Å². The van der Waals surface area contributed by atoms with E-state index >= 15 is 0 Å². The van der Waals surface area contributed by atoms with Gasteiger partial charge in [-0.3, -0.25) is 14.3 Å². The van der Waals surface area contributed by atoms with Crippen molar-refractivity contribution in [3.63, 3.8) is 0 Å². The van der Waals surface area contributed by atoms with E-state index in [2.05, 4.69) is 10.3 Å². The number of aromatic amines is 1. The minimum atomic E-state index is -0.475. The number of ether oxygens (including phenoxy) is 1. The number of nitrogens with one attached hydrogen (secondary N) is 2. The van der Waals surface area contributed by atoms with Crippen LogP contribution in [0.2, 0.25) is 0 Å². The Labute approximate surface area is 110 Å². The van der Waals surface area contributed by atoms with Gasteiger partial charge in [-0.05, 0) is 25.7 Å². The monoisotopic (exact) mass is 268 g/mol. The number of H-pyrrole nitrogens is 1. The van der Waals surface area contributed by atoms with Crippen molar-refractivity contribution in [2.24, 2.45) is 5.92 Å². The van der Waals surface area contributed by atoms with Gasteiger partial charge in [0.1, 0.15) is 11.5 Å². The zero-order valence-corrected chi connectivity index (χ0v) is 11.1. The van der Waals surface area contributed by atoms with Gasteiger partial charge in [0.25, 0.3) is 5.56 Å². The van der Waals surface area contributed by atoms with Crippen LogP contribution in [0.4, 0.5) is 11.5 Å². The highest BCUT2D eigenvalue weighted by atomic mass is 16.5. The van der Waals surface area contributed by atoms with Crippen molar-refractivity contribution in [3.05, 3.63) is 20.8 Å². The summed E-state index contributed by atoms with van der Waals surface area (Å²) >= 11 is 0. The van der Waals surface area contributed by atoms with Crippen LogP contribution in [-0.2, 0) is 11.3 Å². The van der Waals surface area contributed by atoms with E-state index in [1.165, 1.54) is 4.57 Å². The van der Waals surface area contributed by atoms with Crippen LogP contribution in [0.25, 0.3) is 0 Å². The number of hydrogen-bond acceptors (Lipinski definition) is 5. The molecular formula is C12H20N4O3. The van der Waals surface area contributed by atoms with Crippen molar-refractivity contribution in [1.29, 1.82) is 0 Å². The number of hydrogen-bond donors (Lipinski definition) is 3. The molecule has 1 aliphatic rings. The summed E-state index contributed by atoms with van der Waals surface area (Å²) in [5.41, 5.74) is 5.19. The average molecular weight is 268 g/mol. The van der Waals surface area contributed by atoms with E-state index < -0.39 is 11.2 Å². The summed E-state index contributed by atoms with van der Waals surface area (Å²) in [6.07, 6.45) is 2.10. The molecule has 1 saturated heterocycles. The molecule has 1 atom stereocenters. The van der Waals surface area contributed by atoms with Gasteiger partial charge in [-0.25, -0.2) is 4.79 Å². The topological polar surface area (TPSA) is 102 Å². The highest BCUT2D eigenvalue weighted by Gasteiger charge is 2.16. The molecule has 1 unspecified atom stereocenters. The van der Waals surface area contributed by atoms with Crippen molar-refractivity contribution in [3.8, 4) is 0 Å². The van der Waals surface area contributed by atoms with Crippen molar-refractivity contribution in [1.82, 2.24) is 9.55 Å². The maximum absolute atomic E-state index is 11.8. The Hall–Kier alpha value is -1.76. The standard InChI is InChI=1S/C12H20N4O3/c1-2-16-10(13)9(11(17)15-12(16)18)14-6-8-4-3-5-19-7-8/h8,14H,2-7,13H2,1H3,(H,15,17,18). The predicted octanol–water partition coefficient (Wildman–Crippen LogP) is -0.0228. The number of nitrogens with zero attached hydrogens (tertiary/aromatic N) is 1. The second kappa shape index (κ2) is 5.92. The van der Waals surface area contributed by atoms with Crippen molar-refractivity contribution in [2.45, 2.75) is 26.3 Å². The molecule has 7 nitrogen and oxygen atoms in total. The van der Waals surface area contributed by atoms with Gasteiger partial charge in [-0.1, -0.05) is 0 Å². The van der Waals surface area contributed by atoms with Gasteiger partial charge in [0, 0.05) is 19.7 Å². The molecule has 0 amide bonds. The highest BCUT2D eigenvalue weighted by molar-refractivity contribution is 5.60. The van der Waals surface area contributed by atoms with Gasteiger partial charge in [0.2, 0.25) is 0 Å². The summed E-state index contributed by atoms with van der Waals surface area (Å²) in [7, 11) is 0. The fourth-order valence-corrected chi connectivity index (χ4v) is 2.29. The Morgan fingerprint density at radius 3 is 2.95 bits per heavy atom. The molecule has 0 radical (unpaired) electrons. The molecule has 2 heterocycles. The molecule has 1 aromatic rings.